The number of carbonyl (C=O) groups is 1. The number of aromatic nitrogens is 2. The Bertz CT molecular complexity index is 465. The molecular weight excluding hydrogens is 270 g/mol. The number of rotatable bonds is 7. The first-order valence-electron chi connectivity index (χ1n) is 7.65. The maximum absolute atomic E-state index is 10.5. The highest BCUT2D eigenvalue weighted by atomic mass is 16.5. The van der Waals surface area contributed by atoms with Crippen molar-refractivity contribution in [2.24, 2.45) is 7.05 Å². The van der Waals surface area contributed by atoms with Crippen LogP contribution in [-0.4, -0.2) is 51.6 Å². The lowest BCUT2D eigenvalue weighted by Gasteiger charge is -2.31. The molecule has 1 saturated heterocycles. The molecule has 0 aromatic carbocycles. The summed E-state index contributed by atoms with van der Waals surface area (Å²) >= 11 is 0. The highest BCUT2D eigenvalue weighted by Gasteiger charge is 2.21. The molecule has 21 heavy (non-hydrogen) atoms. The average Bonchev–Trinajstić information content (AvgIpc) is 2.80. The minimum Gasteiger partial charge on any atom is -0.481 e. The van der Waals surface area contributed by atoms with Gasteiger partial charge in [-0.1, -0.05) is 6.92 Å². The second-order valence-corrected chi connectivity index (χ2v) is 5.62. The highest BCUT2D eigenvalue weighted by Crippen LogP contribution is 2.18. The summed E-state index contributed by atoms with van der Waals surface area (Å²) in [6.07, 6.45) is 5.32. The van der Waals surface area contributed by atoms with E-state index in [-0.39, 0.29) is 12.5 Å². The summed E-state index contributed by atoms with van der Waals surface area (Å²) in [5.41, 5.74) is 2.49. The third-order valence-electron chi connectivity index (χ3n) is 3.92. The molecule has 0 spiro atoms. The summed E-state index contributed by atoms with van der Waals surface area (Å²) in [4.78, 5) is 12.9. The Morgan fingerprint density at radius 2 is 2.19 bits per heavy atom. The lowest BCUT2D eigenvalue weighted by molar-refractivity contribution is -0.138. The Morgan fingerprint density at radius 3 is 2.81 bits per heavy atom. The maximum atomic E-state index is 10.5. The number of hydrogen-bond acceptors (Lipinski definition) is 4. The molecule has 6 nitrogen and oxygen atoms in total. The molecule has 6 heteroatoms. The van der Waals surface area contributed by atoms with Gasteiger partial charge >= 0.3 is 5.97 Å². The Hall–Kier alpha value is -1.40. The minimum absolute atomic E-state index is 0.0930. The summed E-state index contributed by atoms with van der Waals surface area (Å²) in [6.45, 7) is 5.39. The number of carboxylic acid groups (broad SMARTS) is 1. The monoisotopic (exact) mass is 295 g/mol. The third-order valence-corrected chi connectivity index (χ3v) is 3.92. The number of hydrogen-bond donors (Lipinski definition) is 1. The van der Waals surface area contributed by atoms with Crippen LogP contribution in [0.4, 0.5) is 0 Å². The van der Waals surface area contributed by atoms with E-state index in [0.29, 0.717) is 6.61 Å². The zero-order valence-electron chi connectivity index (χ0n) is 12.9. The molecule has 0 radical (unpaired) electrons. The first-order chi connectivity index (χ1) is 10.1. The van der Waals surface area contributed by atoms with Gasteiger partial charge in [-0.25, -0.2) is 0 Å². The second-order valence-electron chi connectivity index (χ2n) is 5.62. The number of likely N-dealkylation sites (tertiary alicyclic amines) is 1. The Labute approximate surface area is 125 Å². The van der Waals surface area contributed by atoms with E-state index in [2.05, 4.69) is 23.1 Å². The molecule has 0 amide bonds. The van der Waals surface area contributed by atoms with Crippen molar-refractivity contribution in [2.75, 3.05) is 19.7 Å². The van der Waals surface area contributed by atoms with Gasteiger partial charge in [-0.2, -0.15) is 5.10 Å². The van der Waals surface area contributed by atoms with Crippen molar-refractivity contribution in [1.29, 1.82) is 0 Å². The summed E-state index contributed by atoms with van der Waals surface area (Å²) in [6, 6.07) is 0. The molecule has 118 valence electrons. The van der Waals surface area contributed by atoms with Gasteiger partial charge in [-0.05, 0) is 19.3 Å². The van der Waals surface area contributed by atoms with E-state index >= 15 is 0 Å². The predicted octanol–water partition coefficient (Wildman–Crippen LogP) is 1.44. The van der Waals surface area contributed by atoms with Crippen LogP contribution >= 0.6 is 0 Å². The molecule has 1 fully saturated rings. The van der Waals surface area contributed by atoms with Gasteiger partial charge in [0.25, 0.3) is 0 Å². The van der Waals surface area contributed by atoms with Gasteiger partial charge in [0.1, 0.15) is 0 Å². The molecule has 2 rings (SSSR count). The van der Waals surface area contributed by atoms with E-state index in [1.807, 2.05) is 11.7 Å². The first-order valence-corrected chi connectivity index (χ1v) is 7.65. The SMILES string of the molecule is CCc1nn(C)cc1CN1CCC(OCCC(=O)O)CC1. The van der Waals surface area contributed by atoms with E-state index in [1.54, 1.807) is 0 Å². The quantitative estimate of drug-likeness (QED) is 0.824. The van der Waals surface area contributed by atoms with Crippen LogP contribution in [0.5, 0.6) is 0 Å². The van der Waals surface area contributed by atoms with E-state index in [0.717, 1.165) is 38.9 Å². The van der Waals surface area contributed by atoms with Crippen molar-refractivity contribution >= 4 is 5.97 Å². The van der Waals surface area contributed by atoms with Crippen LogP contribution in [0.1, 0.15) is 37.4 Å². The maximum Gasteiger partial charge on any atom is 0.305 e. The summed E-state index contributed by atoms with van der Waals surface area (Å²) in [5, 5.41) is 13.1. The van der Waals surface area contributed by atoms with Crippen molar-refractivity contribution in [3.63, 3.8) is 0 Å². The van der Waals surface area contributed by atoms with Crippen LogP contribution < -0.4 is 0 Å². The summed E-state index contributed by atoms with van der Waals surface area (Å²) < 4.78 is 7.50. The molecular formula is C15H25N3O3. The zero-order chi connectivity index (χ0) is 15.2. The lowest BCUT2D eigenvalue weighted by atomic mass is 10.1. The van der Waals surface area contributed by atoms with Crippen LogP contribution in [0.3, 0.4) is 0 Å². The van der Waals surface area contributed by atoms with E-state index in [4.69, 9.17) is 9.84 Å². The van der Waals surface area contributed by atoms with Crippen LogP contribution in [0.2, 0.25) is 0 Å². The van der Waals surface area contributed by atoms with Crippen molar-refractivity contribution in [2.45, 2.75) is 45.3 Å². The smallest absolute Gasteiger partial charge is 0.305 e. The van der Waals surface area contributed by atoms with Gasteiger partial charge in [0, 0.05) is 38.4 Å². The van der Waals surface area contributed by atoms with Crippen molar-refractivity contribution in [1.82, 2.24) is 14.7 Å². The standard InChI is InChI=1S/C15H25N3O3/c1-3-14-12(10-17(2)16-14)11-18-7-4-13(5-8-18)21-9-6-15(19)20/h10,13H,3-9,11H2,1-2H3,(H,19,20). The molecule has 1 aliphatic heterocycles. The van der Waals surface area contributed by atoms with Gasteiger partial charge in [0.2, 0.25) is 0 Å². The number of aryl methyl sites for hydroxylation is 2. The van der Waals surface area contributed by atoms with Gasteiger partial charge in [0.05, 0.1) is 24.8 Å². The van der Waals surface area contributed by atoms with Crippen LogP contribution in [0.25, 0.3) is 0 Å². The fourth-order valence-corrected chi connectivity index (χ4v) is 2.80. The zero-order valence-corrected chi connectivity index (χ0v) is 12.9. The molecule has 0 bridgehead atoms. The summed E-state index contributed by atoms with van der Waals surface area (Å²) in [5.74, 6) is -0.795. The van der Waals surface area contributed by atoms with Crippen LogP contribution in [0, 0.1) is 0 Å². The molecule has 0 unspecified atom stereocenters. The predicted molar refractivity (Wildman–Crippen MR) is 79.1 cm³/mol. The highest BCUT2D eigenvalue weighted by molar-refractivity contribution is 5.66. The molecule has 1 aromatic rings. The average molecular weight is 295 g/mol. The molecule has 1 aliphatic rings. The number of ether oxygens (including phenoxy) is 1. The van der Waals surface area contributed by atoms with Crippen molar-refractivity contribution in [3.8, 4) is 0 Å². The lowest BCUT2D eigenvalue weighted by Crippen LogP contribution is -2.36. The largest absolute Gasteiger partial charge is 0.481 e. The van der Waals surface area contributed by atoms with Crippen molar-refractivity contribution < 1.29 is 14.6 Å². The molecule has 1 aromatic heterocycles. The van der Waals surface area contributed by atoms with Gasteiger partial charge in [-0.3, -0.25) is 14.4 Å². The number of piperidine rings is 1. The fraction of sp³-hybridized carbons (Fsp3) is 0.733. The Balaban J connectivity index is 1.75. The minimum atomic E-state index is -0.795. The van der Waals surface area contributed by atoms with E-state index in [9.17, 15) is 4.79 Å². The Morgan fingerprint density at radius 1 is 1.48 bits per heavy atom. The summed E-state index contributed by atoms with van der Waals surface area (Å²) in [7, 11) is 1.96. The fourth-order valence-electron chi connectivity index (χ4n) is 2.80. The third kappa shape index (κ3) is 4.82. The first kappa shape index (κ1) is 16.0. The topological polar surface area (TPSA) is 67.6 Å². The molecule has 0 saturated carbocycles. The van der Waals surface area contributed by atoms with Gasteiger partial charge < -0.3 is 9.84 Å². The normalized spacial score (nSPS) is 17.2. The second kappa shape index (κ2) is 7.56. The van der Waals surface area contributed by atoms with E-state index < -0.39 is 5.97 Å². The van der Waals surface area contributed by atoms with Crippen LogP contribution in [-0.2, 0) is 29.5 Å². The molecule has 0 aliphatic carbocycles. The van der Waals surface area contributed by atoms with Crippen LogP contribution in [0.15, 0.2) is 6.20 Å². The number of nitrogens with zero attached hydrogens (tertiary/aromatic N) is 3. The molecule has 1 N–H and O–H groups in total. The van der Waals surface area contributed by atoms with Gasteiger partial charge in [0.15, 0.2) is 0 Å². The number of aliphatic carboxylic acids is 1. The Kier molecular flexibility index (Phi) is 5.76. The van der Waals surface area contributed by atoms with Crippen molar-refractivity contribution in [3.05, 3.63) is 17.5 Å². The number of carboxylic acids is 1. The van der Waals surface area contributed by atoms with E-state index in [1.165, 1.54) is 11.3 Å². The van der Waals surface area contributed by atoms with Gasteiger partial charge in [-0.15, -0.1) is 0 Å². The molecule has 2 heterocycles. The molecule has 0 atom stereocenters.